The summed E-state index contributed by atoms with van der Waals surface area (Å²) in [6.07, 6.45) is 0. The fourth-order valence-corrected chi connectivity index (χ4v) is 0.204. The summed E-state index contributed by atoms with van der Waals surface area (Å²) in [6, 6.07) is 0. The van der Waals surface area contributed by atoms with Crippen molar-refractivity contribution in [3.05, 3.63) is 0 Å². The van der Waals surface area contributed by atoms with Gasteiger partial charge in [-0.05, 0) is 13.8 Å². The molecule has 0 aliphatic heterocycles. The highest BCUT2D eigenvalue weighted by Gasteiger charge is 1.94. The molecule has 0 amide bonds. The van der Waals surface area contributed by atoms with Gasteiger partial charge in [0.2, 0.25) is 0 Å². The van der Waals surface area contributed by atoms with Gasteiger partial charge in [0.25, 0.3) is 0 Å². The maximum absolute atomic E-state index is 9.79. The van der Waals surface area contributed by atoms with Crippen LogP contribution in [0.15, 0.2) is 0 Å². The zero-order valence-corrected chi connectivity index (χ0v) is 9.95. The number of carbonyl (C=O) groups excluding carboxylic acids is 2. The highest BCUT2D eigenvalue weighted by Crippen LogP contribution is 1.66. The molecule has 0 spiro atoms. The Labute approximate surface area is 91.1 Å². The van der Waals surface area contributed by atoms with Gasteiger partial charge in [0.1, 0.15) is 0 Å². The van der Waals surface area contributed by atoms with Crippen LogP contribution in [0.3, 0.4) is 0 Å². The Morgan fingerprint density at radius 3 is 1.20 bits per heavy atom. The number of hydrogen-bond donors (Lipinski definition) is 2. The van der Waals surface area contributed by atoms with Gasteiger partial charge in [-0.25, -0.2) is 0 Å². The number of rotatable bonds is 4. The fraction of sp³-hybridized carbons (Fsp3) is 0.800. The molecule has 0 unspecified atom stereocenters. The molecule has 0 fully saturated rings. The summed E-state index contributed by atoms with van der Waals surface area (Å²) in [5, 5.41) is 15.2. The summed E-state index contributed by atoms with van der Waals surface area (Å²) in [4.78, 5) is 19.6. The van der Waals surface area contributed by atoms with E-state index in [0.717, 1.165) is 13.2 Å². The normalized spacial score (nSPS) is 7.87. The Morgan fingerprint density at radius 2 is 1.20 bits per heavy atom. The van der Waals surface area contributed by atoms with E-state index in [1.54, 1.807) is 0 Å². The maximum Gasteiger partial charge on any atom is 0.195 e. The number of Topliss-reactive ketones (excluding diaryl/α,β-unsaturated/α-hetero) is 2. The second-order valence-electron chi connectivity index (χ2n) is 2.34. The lowest BCUT2D eigenvalue weighted by Gasteiger charge is -1.86. The first-order valence-electron chi connectivity index (χ1n) is 4.78. The first-order chi connectivity index (χ1) is 6.97. The molecule has 0 bridgehead atoms. The molecule has 0 aliphatic carbocycles. The molecule has 2 N–H and O–H groups in total. The fourth-order valence-electron chi connectivity index (χ4n) is 0.204. The topological polar surface area (TPSA) is 83.8 Å². The number of carbonyl (C=O) groups is 2. The van der Waals surface area contributed by atoms with Crippen molar-refractivity contribution in [2.75, 3.05) is 26.4 Å². The maximum atomic E-state index is 9.79. The Bertz CT molecular complexity index is 129. The minimum absolute atomic E-state index is 0.125. The van der Waals surface area contributed by atoms with E-state index in [9.17, 15) is 9.59 Å². The molecular weight excluding hydrogens is 200 g/mol. The highest BCUT2D eigenvalue weighted by atomic mass is 16.5. The number of hydrogen-bond acceptors (Lipinski definition) is 5. The lowest BCUT2D eigenvalue weighted by Crippen LogP contribution is -2.01. The molecule has 0 radical (unpaired) electrons. The van der Waals surface area contributed by atoms with Crippen LogP contribution in [0, 0.1) is 0 Å². The molecule has 0 heterocycles. The Balaban J connectivity index is -0.000000147. The zero-order chi connectivity index (χ0) is 12.7. The van der Waals surface area contributed by atoms with Crippen molar-refractivity contribution >= 4 is 11.6 Å². The van der Waals surface area contributed by atoms with Crippen LogP contribution in [-0.4, -0.2) is 48.2 Å². The molecule has 0 aromatic rings. The number of ether oxygens (including phenoxy) is 1. The SMILES string of the molecule is CC(=O)C(C)=O.CCOCC.OCCO. The third-order valence-corrected chi connectivity index (χ3v) is 1.00. The second-order valence-corrected chi connectivity index (χ2v) is 2.34. The van der Waals surface area contributed by atoms with Crippen LogP contribution >= 0.6 is 0 Å². The van der Waals surface area contributed by atoms with Gasteiger partial charge >= 0.3 is 0 Å². The van der Waals surface area contributed by atoms with Crippen LogP contribution in [0.25, 0.3) is 0 Å². The molecule has 0 aliphatic rings. The summed E-state index contributed by atoms with van der Waals surface area (Å²) in [6.45, 7) is 7.92. The van der Waals surface area contributed by atoms with Crippen molar-refractivity contribution in [2.24, 2.45) is 0 Å². The van der Waals surface area contributed by atoms with Gasteiger partial charge in [0.05, 0.1) is 13.2 Å². The number of aliphatic hydroxyl groups is 2. The molecule has 0 rings (SSSR count). The second kappa shape index (κ2) is 18.9. The lowest BCUT2D eigenvalue weighted by molar-refractivity contribution is -0.134. The molecule has 15 heavy (non-hydrogen) atoms. The van der Waals surface area contributed by atoms with Crippen molar-refractivity contribution < 1.29 is 24.5 Å². The quantitative estimate of drug-likeness (QED) is 0.663. The standard InChI is InChI=1S/C4H6O2.C4H10O.C2H6O2/c1-3(5)4(2)6;1-3-5-4-2;3-1-2-4/h1-2H3;3-4H2,1-2H3;3-4H,1-2H2. The van der Waals surface area contributed by atoms with Crippen molar-refractivity contribution in [3.63, 3.8) is 0 Å². The van der Waals surface area contributed by atoms with Crippen LogP contribution in [-0.2, 0) is 14.3 Å². The minimum atomic E-state index is -0.380. The molecule has 0 saturated carbocycles. The summed E-state index contributed by atoms with van der Waals surface area (Å²) < 4.78 is 4.83. The van der Waals surface area contributed by atoms with Crippen LogP contribution in [0.2, 0.25) is 0 Å². The van der Waals surface area contributed by atoms with Gasteiger partial charge in [-0.15, -0.1) is 0 Å². The first kappa shape index (κ1) is 19.7. The van der Waals surface area contributed by atoms with Crippen LogP contribution in [0.5, 0.6) is 0 Å². The molecule has 5 heteroatoms. The van der Waals surface area contributed by atoms with Gasteiger partial charge in [0, 0.05) is 27.1 Å². The van der Waals surface area contributed by atoms with Gasteiger partial charge in [-0.3, -0.25) is 9.59 Å². The summed E-state index contributed by atoms with van der Waals surface area (Å²) in [5.41, 5.74) is 0. The van der Waals surface area contributed by atoms with E-state index in [0.29, 0.717) is 0 Å². The molecule has 0 saturated heterocycles. The van der Waals surface area contributed by atoms with E-state index in [2.05, 4.69) is 0 Å². The van der Waals surface area contributed by atoms with Gasteiger partial charge in [-0.2, -0.15) is 0 Å². The average Bonchev–Trinajstić information content (AvgIpc) is 2.20. The monoisotopic (exact) mass is 222 g/mol. The van der Waals surface area contributed by atoms with E-state index in [1.807, 2.05) is 13.8 Å². The number of aliphatic hydroxyl groups excluding tert-OH is 2. The van der Waals surface area contributed by atoms with E-state index >= 15 is 0 Å². The predicted molar refractivity (Wildman–Crippen MR) is 57.7 cm³/mol. The summed E-state index contributed by atoms with van der Waals surface area (Å²) in [7, 11) is 0. The molecular formula is C10H22O5. The molecule has 0 aromatic heterocycles. The van der Waals surface area contributed by atoms with Gasteiger partial charge in [0.15, 0.2) is 11.6 Å². The van der Waals surface area contributed by atoms with E-state index in [4.69, 9.17) is 14.9 Å². The lowest BCUT2D eigenvalue weighted by atomic mass is 10.3. The zero-order valence-electron chi connectivity index (χ0n) is 9.95. The molecule has 0 aromatic carbocycles. The first-order valence-corrected chi connectivity index (χ1v) is 4.78. The van der Waals surface area contributed by atoms with Crippen molar-refractivity contribution in [1.82, 2.24) is 0 Å². The number of ketones is 2. The molecule has 5 nitrogen and oxygen atoms in total. The summed E-state index contributed by atoms with van der Waals surface area (Å²) in [5.74, 6) is -0.759. The third-order valence-electron chi connectivity index (χ3n) is 1.00. The predicted octanol–water partition coefficient (Wildman–Crippen LogP) is 0.178. The van der Waals surface area contributed by atoms with Crippen molar-refractivity contribution in [2.45, 2.75) is 27.7 Å². The van der Waals surface area contributed by atoms with E-state index in [1.165, 1.54) is 13.8 Å². The smallest absolute Gasteiger partial charge is 0.195 e. The van der Waals surface area contributed by atoms with Crippen LogP contribution in [0.1, 0.15) is 27.7 Å². The van der Waals surface area contributed by atoms with Gasteiger partial charge < -0.3 is 14.9 Å². The molecule has 92 valence electrons. The highest BCUT2D eigenvalue weighted by molar-refractivity contribution is 6.35. The minimum Gasteiger partial charge on any atom is -0.394 e. The van der Waals surface area contributed by atoms with E-state index in [-0.39, 0.29) is 24.8 Å². The Morgan fingerprint density at radius 1 is 0.933 bits per heavy atom. The van der Waals surface area contributed by atoms with Crippen molar-refractivity contribution in [1.29, 1.82) is 0 Å². The molecule has 0 atom stereocenters. The largest absolute Gasteiger partial charge is 0.394 e. The summed E-state index contributed by atoms with van der Waals surface area (Å²) >= 11 is 0. The van der Waals surface area contributed by atoms with E-state index < -0.39 is 0 Å². The van der Waals surface area contributed by atoms with Crippen molar-refractivity contribution in [3.8, 4) is 0 Å². The third kappa shape index (κ3) is 43.0. The van der Waals surface area contributed by atoms with Crippen LogP contribution < -0.4 is 0 Å². The van der Waals surface area contributed by atoms with Crippen LogP contribution in [0.4, 0.5) is 0 Å². The van der Waals surface area contributed by atoms with Gasteiger partial charge in [-0.1, -0.05) is 0 Å². The Kier molecular flexibility index (Phi) is 24.9. The average molecular weight is 222 g/mol. The Hall–Kier alpha value is -0.780.